The van der Waals surface area contributed by atoms with Crippen molar-refractivity contribution in [1.82, 2.24) is 0 Å². The fourth-order valence-corrected chi connectivity index (χ4v) is 1.98. The summed E-state index contributed by atoms with van der Waals surface area (Å²) >= 11 is 4.94. The van der Waals surface area contributed by atoms with Gasteiger partial charge in [-0.3, -0.25) is 0 Å². The second kappa shape index (κ2) is 6.34. The maximum Gasteiger partial charge on any atom is 0.124 e. The predicted molar refractivity (Wildman–Crippen MR) is 83.2 cm³/mol. The highest BCUT2D eigenvalue weighted by Crippen LogP contribution is 2.24. The zero-order valence-electron chi connectivity index (χ0n) is 11.0. The Morgan fingerprint density at radius 1 is 1.30 bits per heavy atom. The highest BCUT2D eigenvalue weighted by atomic mass is 32.1. The SMILES string of the molecule is CCOc1cccc(Nc2ccc(F)cc2C(N)=S)c1. The molecule has 0 fully saturated rings. The van der Waals surface area contributed by atoms with Crippen LogP contribution in [0.4, 0.5) is 15.8 Å². The van der Waals surface area contributed by atoms with Crippen LogP contribution in [0, 0.1) is 5.82 Å². The van der Waals surface area contributed by atoms with Crippen LogP contribution in [0.1, 0.15) is 12.5 Å². The lowest BCUT2D eigenvalue weighted by Gasteiger charge is -2.12. The van der Waals surface area contributed by atoms with Gasteiger partial charge in [-0.2, -0.15) is 0 Å². The summed E-state index contributed by atoms with van der Waals surface area (Å²) in [5.74, 6) is 0.387. The highest BCUT2D eigenvalue weighted by Gasteiger charge is 2.07. The molecule has 0 atom stereocenters. The van der Waals surface area contributed by atoms with Gasteiger partial charge in [0.05, 0.1) is 6.61 Å². The van der Waals surface area contributed by atoms with E-state index in [0.29, 0.717) is 17.9 Å². The minimum absolute atomic E-state index is 0.146. The van der Waals surface area contributed by atoms with Crippen molar-refractivity contribution in [2.75, 3.05) is 11.9 Å². The molecule has 3 N–H and O–H groups in total. The van der Waals surface area contributed by atoms with Crippen molar-refractivity contribution in [2.45, 2.75) is 6.92 Å². The maximum absolute atomic E-state index is 13.2. The Labute approximate surface area is 122 Å². The first-order valence-corrected chi connectivity index (χ1v) is 6.60. The third-order valence-corrected chi connectivity index (χ3v) is 2.89. The van der Waals surface area contributed by atoms with Crippen LogP contribution in [0.25, 0.3) is 0 Å². The van der Waals surface area contributed by atoms with Crippen LogP contribution in [0.15, 0.2) is 42.5 Å². The molecule has 0 aromatic heterocycles. The van der Waals surface area contributed by atoms with Gasteiger partial charge in [0.1, 0.15) is 16.6 Å². The molecule has 0 aliphatic carbocycles. The van der Waals surface area contributed by atoms with Gasteiger partial charge in [-0.15, -0.1) is 0 Å². The molecule has 2 rings (SSSR count). The van der Waals surface area contributed by atoms with Crippen LogP contribution < -0.4 is 15.8 Å². The van der Waals surface area contributed by atoms with E-state index >= 15 is 0 Å². The van der Waals surface area contributed by atoms with Crippen molar-refractivity contribution < 1.29 is 9.13 Å². The average molecular weight is 290 g/mol. The number of hydrogen-bond acceptors (Lipinski definition) is 3. The number of rotatable bonds is 5. The Kier molecular flexibility index (Phi) is 4.53. The van der Waals surface area contributed by atoms with Gasteiger partial charge in [0, 0.05) is 23.0 Å². The number of halogens is 1. The minimum Gasteiger partial charge on any atom is -0.494 e. The van der Waals surface area contributed by atoms with Gasteiger partial charge in [0.25, 0.3) is 0 Å². The third-order valence-electron chi connectivity index (χ3n) is 2.67. The summed E-state index contributed by atoms with van der Waals surface area (Å²) in [4.78, 5) is 0.146. The largest absolute Gasteiger partial charge is 0.494 e. The summed E-state index contributed by atoms with van der Waals surface area (Å²) in [7, 11) is 0. The average Bonchev–Trinajstić information content (AvgIpc) is 2.41. The van der Waals surface area contributed by atoms with E-state index in [-0.39, 0.29) is 10.8 Å². The number of ether oxygens (including phenoxy) is 1. The van der Waals surface area contributed by atoms with Crippen LogP contribution in [-0.2, 0) is 0 Å². The standard InChI is InChI=1S/C15H15FN2OS/c1-2-19-12-5-3-4-11(9-12)18-14-7-6-10(16)8-13(14)15(17)20/h3-9,18H,2H2,1H3,(H2,17,20). The molecule has 0 bridgehead atoms. The Morgan fingerprint density at radius 3 is 2.80 bits per heavy atom. The van der Waals surface area contributed by atoms with Crippen molar-refractivity contribution in [2.24, 2.45) is 5.73 Å². The number of anilines is 2. The fourth-order valence-electron chi connectivity index (χ4n) is 1.82. The van der Waals surface area contributed by atoms with E-state index in [4.69, 9.17) is 22.7 Å². The highest BCUT2D eigenvalue weighted by molar-refractivity contribution is 7.80. The van der Waals surface area contributed by atoms with E-state index < -0.39 is 0 Å². The Hall–Kier alpha value is -2.14. The first-order chi connectivity index (χ1) is 9.60. The lowest BCUT2D eigenvalue weighted by molar-refractivity contribution is 0.340. The molecule has 0 spiro atoms. The zero-order valence-corrected chi connectivity index (χ0v) is 11.8. The van der Waals surface area contributed by atoms with Gasteiger partial charge < -0.3 is 15.8 Å². The van der Waals surface area contributed by atoms with Gasteiger partial charge in [-0.05, 0) is 37.3 Å². The van der Waals surface area contributed by atoms with Crippen molar-refractivity contribution in [3.8, 4) is 5.75 Å². The van der Waals surface area contributed by atoms with E-state index in [2.05, 4.69) is 5.32 Å². The number of hydrogen-bond donors (Lipinski definition) is 2. The van der Waals surface area contributed by atoms with Crippen LogP contribution in [0.5, 0.6) is 5.75 Å². The molecule has 0 aliphatic heterocycles. The maximum atomic E-state index is 13.2. The smallest absolute Gasteiger partial charge is 0.124 e. The Morgan fingerprint density at radius 2 is 2.10 bits per heavy atom. The molecule has 20 heavy (non-hydrogen) atoms. The molecule has 5 heteroatoms. The van der Waals surface area contributed by atoms with Crippen molar-refractivity contribution in [1.29, 1.82) is 0 Å². The van der Waals surface area contributed by atoms with Gasteiger partial charge in [0.2, 0.25) is 0 Å². The Bertz CT molecular complexity index is 631. The summed E-state index contributed by atoms with van der Waals surface area (Å²) in [6.07, 6.45) is 0. The molecule has 0 saturated heterocycles. The topological polar surface area (TPSA) is 47.3 Å². The number of thiocarbonyl (C=S) groups is 1. The second-order valence-corrected chi connectivity index (χ2v) is 4.58. The summed E-state index contributed by atoms with van der Waals surface area (Å²) in [6, 6.07) is 11.8. The molecular weight excluding hydrogens is 275 g/mol. The predicted octanol–water partition coefficient (Wildman–Crippen LogP) is 3.60. The first-order valence-electron chi connectivity index (χ1n) is 6.19. The summed E-state index contributed by atoms with van der Waals surface area (Å²) < 4.78 is 18.7. The van der Waals surface area contributed by atoms with Crippen LogP contribution in [0.2, 0.25) is 0 Å². The van der Waals surface area contributed by atoms with Crippen molar-refractivity contribution in [3.05, 3.63) is 53.8 Å². The van der Waals surface area contributed by atoms with Gasteiger partial charge in [-0.25, -0.2) is 4.39 Å². The molecule has 0 amide bonds. The van der Waals surface area contributed by atoms with E-state index in [1.165, 1.54) is 12.1 Å². The molecule has 3 nitrogen and oxygen atoms in total. The first kappa shape index (κ1) is 14.3. The van der Waals surface area contributed by atoms with Gasteiger partial charge in [0.15, 0.2) is 0 Å². The summed E-state index contributed by atoms with van der Waals surface area (Å²) in [5, 5.41) is 3.17. The van der Waals surface area contributed by atoms with E-state index in [1.54, 1.807) is 6.07 Å². The van der Waals surface area contributed by atoms with Crippen LogP contribution >= 0.6 is 12.2 Å². The quantitative estimate of drug-likeness (QED) is 0.826. The summed E-state index contributed by atoms with van der Waals surface area (Å²) in [6.45, 7) is 2.52. The monoisotopic (exact) mass is 290 g/mol. The van der Waals surface area contributed by atoms with E-state index in [9.17, 15) is 4.39 Å². The van der Waals surface area contributed by atoms with Crippen molar-refractivity contribution in [3.63, 3.8) is 0 Å². The second-order valence-electron chi connectivity index (χ2n) is 4.14. The lowest BCUT2D eigenvalue weighted by Crippen LogP contribution is -2.12. The Balaban J connectivity index is 2.30. The molecule has 104 valence electrons. The number of nitrogens with two attached hydrogens (primary N) is 1. The molecule has 0 saturated carbocycles. The van der Waals surface area contributed by atoms with E-state index in [0.717, 1.165) is 11.4 Å². The van der Waals surface area contributed by atoms with Crippen molar-refractivity contribution >= 4 is 28.6 Å². The third kappa shape index (κ3) is 3.45. The zero-order chi connectivity index (χ0) is 14.5. The molecule has 0 radical (unpaired) electrons. The normalized spacial score (nSPS) is 10.1. The van der Waals surface area contributed by atoms with Crippen LogP contribution in [-0.4, -0.2) is 11.6 Å². The molecule has 2 aromatic rings. The fraction of sp³-hybridized carbons (Fsp3) is 0.133. The van der Waals surface area contributed by atoms with E-state index in [1.807, 2.05) is 31.2 Å². The molecule has 0 heterocycles. The molecule has 0 aliphatic rings. The lowest BCUT2D eigenvalue weighted by atomic mass is 10.1. The van der Waals surface area contributed by atoms with Gasteiger partial charge in [-0.1, -0.05) is 18.3 Å². The number of benzene rings is 2. The minimum atomic E-state index is -0.374. The molecular formula is C15H15FN2OS. The van der Waals surface area contributed by atoms with Crippen LogP contribution in [0.3, 0.4) is 0 Å². The summed E-state index contributed by atoms with van der Waals surface area (Å²) in [5.41, 5.74) is 7.57. The molecule has 2 aromatic carbocycles. The number of nitrogens with one attached hydrogen (secondary N) is 1. The molecule has 0 unspecified atom stereocenters. The van der Waals surface area contributed by atoms with Gasteiger partial charge >= 0.3 is 0 Å².